The number of nitrogens with zero attached hydrogens (tertiary/aromatic N) is 2. The summed E-state index contributed by atoms with van der Waals surface area (Å²) < 4.78 is 27.1. The first-order valence-corrected chi connectivity index (χ1v) is 10.9. The molecule has 3 aromatic rings. The lowest BCUT2D eigenvalue weighted by Gasteiger charge is -2.40. The van der Waals surface area contributed by atoms with Crippen LogP contribution in [0.5, 0.6) is 11.5 Å². The maximum atomic E-state index is 13.5. The van der Waals surface area contributed by atoms with Crippen LogP contribution in [-0.2, 0) is 0 Å². The van der Waals surface area contributed by atoms with Gasteiger partial charge in [0.25, 0.3) is 11.3 Å². The Morgan fingerprint density at radius 2 is 1.29 bits per heavy atom. The van der Waals surface area contributed by atoms with Crippen LogP contribution >= 0.6 is 0 Å². The quantitative estimate of drug-likeness (QED) is 0.614. The standard InChI is InChI=1S/C26H24F2N2O4/c1-16-14-22(31)25(33)23(32)15-21(16)26(34)30-12-10-29(11-13-30)24(17-2-6-19(27)7-3-17)18-4-8-20(28)9-5-18/h2-9,14-15,24H,10-13H2,1H3,(H2,31,32,33). The van der Waals surface area contributed by atoms with E-state index in [9.17, 15) is 28.6 Å². The van der Waals surface area contributed by atoms with Gasteiger partial charge in [-0.05, 0) is 60.0 Å². The molecular weight excluding hydrogens is 442 g/mol. The Labute approximate surface area is 195 Å². The summed E-state index contributed by atoms with van der Waals surface area (Å²) in [7, 11) is 0. The number of amides is 1. The van der Waals surface area contributed by atoms with Crippen molar-refractivity contribution >= 4 is 5.91 Å². The maximum absolute atomic E-state index is 13.5. The van der Waals surface area contributed by atoms with Crippen molar-refractivity contribution in [3.8, 4) is 11.5 Å². The predicted molar refractivity (Wildman–Crippen MR) is 123 cm³/mol. The Morgan fingerprint density at radius 1 is 0.824 bits per heavy atom. The van der Waals surface area contributed by atoms with E-state index >= 15 is 0 Å². The molecule has 0 radical (unpaired) electrons. The molecule has 0 saturated carbocycles. The van der Waals surface area contributed by atoms with Crippen LogP contribution in [0.25, 0.3) is 0 Å². The third-order valence-corrected chi connectivity index (χ3v) is 6.09. The Hall–Kier alpha value is -3.78. The molecule has 1 heterocycles. The normalized spacial score (nSPS) is 14.4. The van der Waals surface area contributed by atoms with Gasteiger partial charge in [-0.25, -0.2) is 8.78 Å². The van der Waals surface area contributed by atoms with Crippen molar-refractivity contribution in [1.82, 2.24) is 9.80 Å². The number of hydrogen-bond acceptors (Lipinski definition) is 5. The second kappa shape index (κ2) is 9.61. The number of piperazine rings is 1. The van der Waals surface area contributed by atoms with Gasteiger partial charge in [0.05, 0.1) is 6.04 Å². The average molecular weight is 466 g/mol. The Bertz CT molecular complexity index is 1210. The van der Waals surface area contributed by atoms with E-state index < -0.39 is 16.9 Å². The minimum atomic E-state index is -0.937. The summed E-state index contributed by atoms with van der Waals surface area (Å²) in [6, 6.07) is 14.3. The van der Waals surface area contributed by atoms with Crippen LogP contribution < -0.4 is 5.43 Å². The van der Waals surface area contributed by atoms with Crippen molar-refractivity contribution in [2.75, 3.05) is 26.2 Å². The van der Waals surface area contributed by atoms with Gasteiger partial charge in [-0.2, -0.15) is 0 Å². The summed E-state index contributed by atoms with van der Waals surface area (Å²) in [6.45, 7) is 3.31. The van der Waals surface area contributed by atoms with E-state index in [4.69, 9.17) is 0 Å². The molecule has 0 atom stereocenters. The molecule has 3 aromatic carbocycles. The molecule has 0 spiro atoms. The van der Waals surface area contributed by atoms with Crippen molar-refractivity contribution in [2.24, 2.45) is 0 Å². The third-order valence-electron chi connectivity index (χ3n) is 6.09. The van der Waals surface area contributed by atoms with E-state index in [2.05, 4.69) is 4.90 Å². The first-order valence-electron chi connectivity index (χ1n) is 10.9. The number of benzene rings is 2. The van der Waals surface area contributed by atoms with E-state index in [-0.39, 0.29) is 29.1 Å². The molecule has 0 unspecified atom stereocenters. The van der Waals surface area contributed by atoms with Crippen molar-refractivity contribution in [3.63, 3.8) is 0 Å². The van der Waals surface area contributed by atoms with Crippen molar-refractivity contribution in [2.45, 2.75) is 13.0 Å². The highest BCUT2D eigenvalue weighted by Crippen LogP contribution is 2.30. The number of hydrogen-bond donors (Lipinski definition) is 2. The highest BCUT2D eigenvalue weighted by atomic mass is 19.1. The lowest BCUT2D eigenvalue weighted by atomic mass is 9.96. The number of halogens is 2. The second-order valence-electron chi connectivity index (χ2n) is 8.32. The van der Waals surface area contributed by atoms with Crippen LogP contribution in [0.1, 0.15) is 33.1 Å². The van der Waals surface area contributed by atoms with Gasteiger partial charge in [-0.3, -0.25) is 14.5 Å². The first kappa shape index (κ1) is 23.4. The van der Waals surface area contributed by atoms with Gasteiger partial charge < -0.3 is 15.1 Å². The minimum Gasteiger partial charge on any atom is -0.504 e. The summed E-state index contributed by atoms with van der Waals surface area (Å²) >= 11 is 0. The van der Waals surface area contributed by atoms with Gasteiger partial charge in [0.15, 0.2) is 11.5 Å². The van der Waals surface area contributed by atoms with E-state index in [1.807, 2.05) is 0 Å². The zero-order valence-corrected chi connectivity index (χ0v) is 18.5. The SMILES string of the molecule is Cc1cc(O)c(=O)c(O)cc1C(=O)N1CCN(C(c2ccc(F)cc2)c2ccc(F)cc2)CC1. The second-order valence-corrected chi connectivity index (χ2v) is 8.32. The van der Waals surface area contributed by atoms with Crippen LogP contribution in [0.15, 0.2) is 65.5 Å². The molecule has 2 N–H and O–H groups in total. The molecule has 1 fully saturated rings. The molecule has 1 aliphatic heterocycles. The molecule has 1 saturated heterocycles. The molecule has 0 aromatic heterocycles. The van der Waals surface area contributed by atoms with Crippen LogP contribution in [0, 0.1) is 18.6 Å². The zero-order valence-electron chi connectivity index (χ0n) is 18.5. The summed E-state index contributed by atoms with van der Waals surface area (Å²) in [5, 5.41) is 19.7. The van der Waals surface area contributed by atoms with Crippen molar-refractivity contribution in [3.05, 3.63) is 105 Å². The molecule has 4 rings (SSSR count). The van der Waals surface area contributed by atoms with Gasteiger partial charge in [-0.1, -0.05) is 24.3 Å². The van der Waals surface area contributed by atoms with E-state index in [0.29, 0.717) is 31.7 Å². The number of aryl methyl sites for hydroxylation is 1. The smallest absolute Gasteiger partial charge is 0.261 e. The van der Waals surface area contributed by atoms with E-state index in [1.165, 1.54) is 30.3 Å². The number of carbonyl (C=O) groups is 1. The van der Waals surface area contributed by atoms with Crippen LogP contribution in [-0.4, -0.2) is 52.1 Å². The monoisotopic (exact) mass is 466 g/mol. The number of rotatable bonds is 4. The minimum absolute atomic E-state index is 0.136. The van der Waals surface area contributed by atoms with Gasteiger partial charge >= 0.3 is 0 Å². The lowest BCUT2D eigenvalue weighted by Crippen LogP contribution is -2.50. The Kier molecular flexibility index (Phi) is 6.61. The number of aromatic hydroxyl groups is 2. The fourth-order valence-electron chi connectivity index (χ4n) is 4.28. The summed E-state index contributed by atoms with van der Waals surface area (Å²) in [5.74, 6) is -2.37. The zero-order chi connectivity index (χ0) is 24.4. The molecule has 8 heteroatoms. The predicted octanol–water partition coefficient (Wildman–Crippen LogP) is 3.59. The molecule has 34 heavy (non-hydrogen) atoms. The molecule has 1 amide bonds. The molecular formula is C26H24F2N2O4. The highest BCUT2D eigenvalue weighted by molar-refractivity contribution is 5.96. The Morgan fingerprint density at radius 3 is 1.79 bits per heavy atom. The first-order chi connectivity index (χ1) is 16.2. The molecule has 0 aliphatic carbocycles. The number of carbonyl (C=O) groups excluding carboxylic acids is 1. The average Bonchev–Trinajstić information content (AvgIpc) is 2.93. The summed E-state index contributed by atoms with van der Waals surface area (Å²) in [6.07, 6.45) is 0. The van der Waals surface area contributed by atoms with Crippen LogP contribution in [0.2, 0.25) is 0 Å². The van der Waals surface area contributed by atoms with E-state index in [1.54, 1.807) is 36.1 Å². The Balaban J connectivity index is 1.58. The van der Waals surface area contributed by atoms with Gasteiger partial charge in [0.2, 0.25) is 0 Å². The highest BCUT2D eigenvalue weighted by Gasteiger charge is 2.29. The molecule has 0 bridgehead atoms. The molecule has 176 valence electrons. The molecule has 6 nitrogen and oxygen atoms in total. The van der Waals surface area contributed by atoms with Crippen molar-refractivity contribution < 1.29 is 23.8 Å². The maximum Gasteiger partial charge on any atom is 0.261 e. The topological polar surface area (TPSA) is 81.1 Å². The fraction of sp³-hybridized carbons (Fsp3) is 0.231. The molecule has 1 aliphatic rings. The van der Waals surface area contributed by atoms with Crippen molar-refractivity contribution in [1.29, 1.82) is 0 Å². The lowest BCUT2D eigenvalue weighted by molar-refractivity contribution is 0.0596. The third kappa shape index (κ3) is 4.77. The summed E-state index contributed by atoms with van der Waals surface area (Å²) in [4.78, 5) is 28.7. The van der Waals surface area contributed by atoms with Crippen LogP contribution in [0.3, 0.4) is 0 Å². The van der Waals surface area contributed by atoms with Gasteiger partial charge in [-0.15, -0.1) is 0 Å². The van der Waals surface area contributed by atoms with Gasteiger partial charge in [0, 0.05) is 31.7 Å². The van der Waals surface area contributed by atoms with Gasteiger partial charge in [0.1, 0.15) is 11.6 Å². The fourth-order valence-corrected chi connectivity index (χ4v) is 4.28. The van der Waals surface area contributed by atoms with Crippen LogP contribution in [0.4, 0.5) is 8.78 Å². The largest absolute Gasteiger partial charge is 0.504 e. The van der Waals surface area contributed by atoms with E-state index in [0.717, 1.165) is 17.2 Å². The summed E-state index contributed by atoms with van der Waals surface area (Å²) in [5.41, 5.74) is 1.27.